The van der Waals surface area contributed by atoms with Crippen LogP contribution in [0, 0.1) is 0 Å². The fraction of sp³-hybridized carbons (Fsp3) is 0.417. The van der Waals surface area contributed by atoms with Crippen molar-refractivity contribution >= 4 is 38.9 Å². The van der Waals surface area contributed by atoms with Crippen molar-refractivity contribution in [2.45, 2.75) is 19.8 Å². The molecule has 1 aromatic carbocycles. The minimum atomic E-state index is -3.32. The molecule has 0 bridgehead atoms. The third-order valence-corrected chi connectivity index (χ3v) is 4.57. The van der Waals surface area contributed by atoms with Crippen molar-refractivity contribution in [2.75, 3.05) is 21.9 Å². The van der Waals surface area contributed by atoms with Crippen LogP contribution in [-0.4, -0.2) is 26.6 Å². The number of nitrogens with zero attached hydrogens (tertiary/aromatic N) is 1. The highest BCUT2D eigenvalue weighted by atomic mass is 35.5. The molecule has 104 valence electrons. The fourth-order valence-corrected chi connectivity index (χ4v) is 2.86. The van der Waals surface area contributed by atoms with E-state index in [2.05, 4.69) is 4.72 Å². The number of carbonyl (C=O) groups is 1. The summed E-state index contributed by atoms with van der Waals surface area (Å²) >= 11 is 6.12. The van der Waals surface area contributed by atoms with Crippen LogP contribution >= 0.6 is 11.6 Å². The predicted molar refractivity (Wildman–Crippen MR) is 76.1 cm³/mol. The van der Waals surface area contributed by atoms with Crippen LogP contribution in [0.2, 0.25) is 5.02 Å². The molecule has 7 heteroatoms. The summed E-state index contributed by atoms with van der Waals surface area (Å²) in [7, 11) is -3.32. The average molecular weight is 303 g/mol. The zero-order chi connectivity index (χ0) is 14.0. The van der Waals surface area contributed by atoms with Crippen LogP contribution < -0.4 is 9.62 Å². The lowest BCUT2D eigenvalue weighted by molar-refractivity contribution is -0.117. The van der Waals surface area contributed by atoms with Gasteiger partial charge >= 0.3 is 0 Å². The third kappa shape index (κ3) is 3.19. The second-order valence-corrected chi connectivity index (χ2v) is 6.74. The van der Waals surface area contributed by atoms with Crippen LogP contribution in [0.5, 0.6) is 0 Å². The van der Waals surface area contributed by atoms with Gasteiger partial charge in [-0.15, -0.1) is 0 Å². The number of carbonyl (C=O) groups excluding carboxylic acids is 1. The number of benzene rings is 1. The molecule has 19 heavy (non-hydrogen) atoms. The summed E-state index contributed by atoms with van der Waals surface area (Å²) in [6, 6.07) is 4.80. The molecule has 0 aliphatic carbocycles. The van der Waals surface area contributed by atoms with E-state index in [4.69, 9.17) is 11.6 Å². The summed E-state index contributed by atoms with van der Waals surface area (Å²) < 4.78 is 25.3. The van der Waals surface area contributed by atoms with E-state index in [1.165, 1.54) is 6.07 Å². The Kier molecular flexibility index (Phi) is 4.01. The van der Waals surface area contributed by atoms with Crippen molar-refractivity contribution in [3.8, 4) is 0 Å². The SMILES string of the molecule is CCS(=O)(=O)Nc1ccc(N2CCCC2=O)c(Cl)c1. The van der Waals surface area contributed by atoms with Crippen LogP contribution in [0.25, 0.3) is 0 Å². The van der Waals surface area contributed by atoms with Gasteiger partial charge in [-0.25, -0.2) is 8.42 Å². The van der Waals surface area contributed by atoms with Gasteiger partial charge in [-0.3, -0.25) is 9.52 Å². The van der Waals surface area contributed by atoms with Crippen LogP contribution in [0.4, 0.5) is 11.4 Å². The van der Waals surface area contributed by atoms with Crippen molar-refractivity contribution in [3.63, 3.8) is 0 Å². The number of amides is 1. The molecule has 1 fully saturated rings. The molecule has 1 aliphatic heterocycles. The van der Waals surface area contributed by atoms with E-state index < -0.39 is 10.0 Å². The van der Waals surface area contributed by atoms with Crippen LogP contribution in [-0.2, 0) is 14.8 Å². The quantitative estimate of drug-likeness (QED) is 0.927. The first kappa shape index (κ1) is 14.1. The first-order valence-electron chi connectivity index (χ1n) is 6.03. The van der Waals surface area contributed by atoms with E-state index in [0.29, 0.717) is 29.4 Å². The van der Waals surface area contributed by atoms with Crippen molar-refractivity contribution in [1.29, 1.82) is 0 Å². The predicted octanol–water partition coefficient (Wildman–Crippen LogP) is 2.23. The number of hydrogen-bond acceptors (Lipinski definition) is 3. The van der Waals surface area contributed by atoms with Gasteiger partial charge in [0, 0.05) is 13.0 Å². The molecule has 1 amide bonds. The molecule has 0 radical (unpaired) electrons. The molecule has 0 spiro atoms. The lowest BCUT2D eigenvalue weighted by Gasteiger charge is -2.18. The molecule has 1 aliphatic rings. The van der Waals surface area contributed by atoms with Crippen molar-refractivity contribution < 1.29 is 13.2 Å². The molecule has 0 unspecified atom stereocenters. The smallest absolute Gasteiger partial charge is 0.232 e. The zero-order valence-electron chi connectivity index (χ0n) is 10.5. The highest BCUT2D eigenvalue weighted by molar-refractivity contribution is 7.92. The molecule has 0 atom stereocenters. The molecule has 2 rings (SSSR count). The Morgan fingerprint density at radius 3 is 2.68 bits per heavy atom. The van der Waals surface area contributed by atoms with Crippen LogP contribution in [0.3, 0.4) is 0 Å². The van der Waals surface area contributed by atoms with Crippen molar-refractivity contribution in [2.24, 2.45) is 0 Å². The molecule has 1 N–H and O–H groups in total. The topological polar surface area (TPSA) is 66.5 Å². The van der Waals surface area contributed by atoms with Gasteiger partial charge in [0.05, 0.1) is 22.2 Å². The molecule has 1 saturated heterocycles. The lowest BCUT2D eigenvalue weighted by atomic mass is 10.2. The molecular formula is C12H15ClN2O3S. The second kappa shape index (κ2) is 5.38. The first-order chi connectivity index (χ1) is 8.93. The summed E-state index contributed by atoms with van der Waals surface area (Å²) in [5, 5.41) is 0.367. The maximum Gasteiger partial charge on any atom is 0.232 e. The summed E-state index contributed by atoms with van der Waals surface area (Å²) in [6.45, 7) is 2.21. The first-order valence-corrected chi connectivity index (χ1v) is 8.06. The Labute approximate surface area is 117 Å². The summed E-state index contributed by atoms with van der Waals surface area (Å²) in [4.78, 5) is 13.3. The lowest BCUT2D eigenvalue weighted by Crippen LogP contribution is -2.24. The second-order valence-electron chi connectivity index (χ2n) is 4.32. The largest absolute Gasteiger partial charge is 0.311 e. The van der Waals surface area contributed by atoms with Gasteiger partial charge in [-0.2, -0.15) is 0 Å². The summed E-state index contributed by atoms with van der Waals surface area (Å²) in [5.74, 6) is 0.0422. The zero-order valence-corrected chi connectivity index (χ0v) is 12.1. The molecule has 0 aromatic heterocycles. The van der Waals surface area contributed by atoms with Gasteiger partial charge in [0.25, 0.3) is 0 Å². The average Bonchev–Trinajstić information content (AvgIpc) is 2.75. The van der Waals surface area contributed by atoms with E-state index in [9.17, 15) is 13.2 Å². The van der Waals surface area contributed by atoms with E-state index in [-0.39, 0.29) is 11.7 Å². The monoisotopic (exact) mass is 302 g/mol. The Morgan fingerprint density at radius 1 is 1.42 bits per heavy atom. The van der Waals surface area contributed by atoms with E-state index in [1.54, 1.807) is 24.0 Å². The Balaban J connectivity index is 2.25. The Morgan fingerprint density at radius 2 is 2.16 bits per heavy atom. The van der Waals surface area contributed by atoms with Gasteiger partial charge in [0.2, 0.25) is 15.9 Å². The van der Waals surface area contributed by atoms with Gasteiger partial charge in [-0.1, -0.05) is 11.6 Å². The highest BCUT2D eigenvalue weighted by Crippen LogP contribution is 2.31. The normalized spacial score (nSPS) is 15.9. The van der Waals surface area contributed by atoms with Gasteiger partial charge in [-0.05, 0) is 31.5 Å². The van der Waals surface area contributed by atoms with Gasteiger partial charge in [0.15, 0.2) is 0 Å². The molecule has 1 heterocycles. The number of nitrogens with one attached hydrogen (secondary N) is 1. The number of sulfonamides is 1. The van der Waals surface area contributed by atoms with Crippen LogP contribution in [0.1, 0.15) is 19.8 Å². The Hall–Kier alpha value is -1.27. The molecule has 1 aromatic rings. The van der Waals surface area contributed by atoms with E-state index >= 15 is 0 Å². The van der Waals surface area contributed by atoms with Crippen molar-refractivity contribution in [1.82, 2.24) is 0 Å². The van der Waals surface area contributed by atoms with E-state index in [1.807, 2.05) is 0 Å². The number of hydrogen-bond donors (Lipinski definition) is 1. The van der Waals surface area contributed by atoms with E-state index in [0.717, 1.165) is 6.42 Å². The molecule has 0 saturated carbocycles. The molecular weight excluding hydrogens is 288 g/mol. The number of rotatable bonds is 4. The summed E-state index contributed by atoms with van der Waals surface area (Å²) in [5.41, 5.74) is 1.03. The van der Waals surface area contributed by atoms with Crippen LogP contribution in [0.15, 0.2) is 18.2 Å². The maximum atomic E-state index is 11.6. The summed E-state index contributed by atoms with van der Waals surface area (Å²) in [6.07, 6.45) is 1.35. The Bertz CT molecular complexity index is 601. The van der Waals surface area contributed by atoms with Crippen molar-refractivity contribution in [3.05, 3.63) is 23.2 Å². The van der Waals surface area contributed by atoms with Gasteiger partial charge < -0.3 is 4.90 Å². The fourth-order valence-electron chi connectivity index (χ4n) is 1.94. The highest BCUT2D eigenvalue weighted by Gasteiger charge is 2.23. The minimum absolute atomic E-state index is 0.00299. The standard InChI is InChI=1S/C12H15ClN2O3S/c1-2-19(17,18)14-9-5-6-11(10(13)8-9)15-7-3-4-12(15)16/h5-6,8,14H,2-4,7H2,1H3. The number of anilines is 2. The minimum Gasteiger partial charge on any atom is -0.311 e. The van der Waals surface area contributed by atoms with Gasteiger partial charge in [0.1, 0.15) is 0 Å². The maximum absolute atomic E-state index is 11.6. The number of halogens is 1. The molecule has 5 nitrogen and oxygen atoms in total. The third-order valence-electron chi connectivity index (χ3n) is 2.97.